The number of esters is 1. The summed E-state index contributed by atoms with van der Waals surface area (Å²) in [6.45, 7) is 25.5. The molecule has 0 spiro atoms. The Morgan fingerprint density at radius 3 is 1.68 bits per heavy atom. The average Bonchev–Trinajstić information content (AvgIpc) is 2.66. The van der Waals surface area contributed by atoms with Crippen molar-refractivity contribution in [2.24, 2.45) is 0 Å². The van der Waals surface area contributed by atoms with Crippen LogP contribution in [-0.4, -0.2) is 58.1 Å². The fourth-order valence-corrected chi connectivity index (χ4v) is 5.93. The van der Waals surface area contributed by atoms with Crippen LogP contribution >= 0.6 is 0 Å². The summed E-state index contributed by atoms with van der Waals surface area (Å²) >= 11 is 0. The quantitative estimate of drug-likeness (QED) is 0.338. The van der Waals surface area contributed by atoms with Gasteiger partial charge in [0.15, 0.2) is 28.5 Å². The monoisotopic (exact) mass is 464 g/mol. The lowest BCUT2D eigenvalue weighted by atomic mass is 10.2. The molecule has 2 atom stereocenters. The first-order valence-corrected chi connectivity index (χ1v) is 23.6. The lowest BCUT2D eigenvalue weighted by molar-refractivity contribution is -0.146. The van der Waals surface area contributed by atoms with Crippen LogP contribution in [0.25, 0.3) is 0 Å². The maximum Gasteiger partial charge on any atom is 0.376 e. The van der Waals surface area contributed by atoms with Crippen molar-refractivity contribution in [3.05, 3.63) is 11.5 Å². The van der Waals surface area contributed by atoms with Crippen LogP contribution < -0.4 is 0 Å². The van der Waals surface area contributed by atoms with Gasteiger partial charge in [-0.25, -0.2) is 4.79 Å². The Kier molecular flexibility index (Phi) is 8.02. The van der Waals surface area contributed by atoms with Crippen molar-refractivity contribution < 1.29 is 27.2 Å². The first-order valence-electron chi connectivity index (χ1n) is 9.92. The second-order valence-electron chi connectivity index (χ2n) is 11.1. The molecule has 1 aliphatic rings. The van der Waals surface area contributed by atoms with E-state index in [2.05, 4.69) is 58.9 Å². The zero-order chi connectivity index (χ0) is 22.1. The van der Waals surface area contributed by atoms with E-state index in [1.54, 1.807) is 0 Å². The SMILES string of the molecule is C[Si](C)(C)OC[C@@H](O[Si](C)(C)C)[C@@H]1OC(=O)C(O[Si](C)(C)C)=C1O[Si](C)(C)C. The highest BCUT2D eigenvalue weighted by Crippen LogP contribution is 2.33. The first kappa shape index (κ1) is 25.6. The number of carbonyl (C=O) groups is 1. The lowest BCUT2D eigenvalue weighted by Gasteiger charge is -2.34. The second kappa shape index (κ2) is 8.76. The van der Waals surface area contributed by atoms with Crippen molar-refractivity contribution in [2.75, 3.05) is 6.61 Å². The number of ether oxygens (including phenoxy) is 1. The molecule has 0 N–H and O–H groups in total. The minimum atomic E-state index is -2.02. The van der Waals surface area contributed by atoms with E-state index in [9.17, 15) is 4.79 Å². The van der Waals surface area contributed by atoms with Crippen molar-refractivity contribution in [1.82, 2.24) is 0 Å². The fraction of sp³-hybridized carbons (Fsp3) is 0.833. The summed E-state index contributed by atoms with van der Waals surface area (Å²) in [5.74, 6) is 0.260. The number of cyclic esters (lactones) is 1. The molecule has 0 fully saturated rings. The smallest absolute Gasteiger partial charge is 0.376 e. The summed E-state index contributed by atoms with van der Waals surface area (Å²) in [6.07, 6.45) is -1.04. The van der Waals surface area contributed by atoms with Crippen molar-refractivity contribution in [3.8, 4) is 0 Å². The van der Waals surface area contributed by atoms with Gasteiger partial charge in [-0.15, -0.1) is 0 Å². The van der Waals surface area contributed by atoms with Gasteiger partial charge in [-0.2, -0.15) is 0 Å². The Morgan fingerprint density at radius 2 is 1.29 bits per heavy atom. The molecule has 0 aromatic rings. The fourth-order valence-electron chi connectivity index (χ4n) is 2.50. The first-order chi connectivity index (χ1) is 12.3. The van der Waals surface area contributed by atoms with E-state index in [-0.39, 0.29) is 5.76 Å². The van der Waals surface area contributed by atoms with E-state index in [1.807, 2.05) is 19.6 Å². The van der Waals surface area contributed by atoms with Gasteiger partial charge in [0, 0.05) is 0 Å². The van der Waals surface area contributed by atoms with Crippen LogP contribution in [-0.2, 0) is 27.2 Å². The van der Waals surface area contributed by atoms with E-state index in [1.165, 1.54) is 0 Å². The van der Waals surface area contributed by atoms with Gasteiger partial charge in [-0.1, -0.05) is 0 Å². The molecule has 10 heteroatoms. The number of hydrogen-bond donors (Lipinski definition) is 0. The summed E-state index contributed by atoms with van der Waals surface area (Å²) in [6, 6.07) is 0. The van der Waals surface area contributed by atoms with Crippen molar-refractivity contribution in [3.63, 3.8) is 0 Å². The van der Waals surface area contributed by atoms with Gasteiger partial charge in [0.1, 0.15) is 6.10 Å². The Morgan fingerprint density at radius 1 is 0.786 bits per heavy atom. The molecule has 164 valence electrons. The van der Waals surface area contributed by atoms with Crippen LogP contribution in [0.15, 0.2) is 11.5 Å². The molecule has 0 amide bonds. The van der Waals surface area contributed by atoms with Gasteiger partial charge in [0.2, 0.25) is 22.4 Å². The van der Waals surface area contributed by atoms with Gasteiger partial charge in [0.25, 0.3) is 0 Å². The minimum absolute atomic E-state index is 0.226. The van der Waals surface area contributed by atoms with E-state index >= 15 is 0 Å². The number of carbonyl (C=O) groups excluding carboxylic acids is 1. The molecule has 0 aliphatic carbocycles. The molecule has 0 bridgehead atoms. The third kappa shape index (κ3) is 9.40. The van der Waals surface area contributed by atoms with Crippen LogP contribution in [0.4, 0.5) is 0 Å². The summed E-state index contributed by atoms with van der Waals surface area (Å²) in [5.41, 5.74) is 0. The molecule has 0 saturated heterocycles. The third-order valence-electron chi connectivity index (χ3n) is 3.25. The maximum absolute atomic E-state index is 12.7. The van der Waals surface area contributed by atoms with E-state index in [0.717, 1.165) is 0 Å². The topological polar surface area (TPSA) is 63.2 Å². The summed E-state index contributed by atoms with van der Waals surface area (Å²) in [7, 11) is -7.71. The van der Waals surface area contributed by atoms with Crippen molar-refractivity contribution in [2.45, 2.75) is 90.8 Å². The van der Waals surface area contributed by atoms with Crippen molar-refractivity contribution >= 4 is 39.2 Å². The van der Waals surface area contributed by atoms with Crippen LogP contribution in [0.3, 0.4) is 0 Å². The molecule has 0 unspecified atom stereocenters. The Balaban J connectivity index is 3.33. The maximum atomic E-state index is 12.7. The predicted molar refractivity (Wildman–Crippen MR) is 123 cm³/mol. The predicted octanol–water partition coefficient (Wildman–Crippen LogP) is 4.90. The normalized spacial score (nSPS) is 20.3. The third-order valence-corrected chi connectivity index (χ3v) is 6.94. The zero-order valence-corrected chi connectivity index (χ0v) is 23.8. The standard InChI is InChI=1S/C18H40O6Si4/c1-25(2,3)20-13-14(22-26(4,5)6)15-16(23-27(7,8)9)17(18(19)21-15)24-28(10,11)12/h14-15H,13H2,1-12H3/t14-,15+/m1/s1. The Labute approximate surface area is 175 Å². The molecule has 0 radical (unpaired) electrons. The molecular formula is C18H40O6Si4. The van der Waals surface area contributed by atoms with Crippen LogP contribution in [0.2, 0.25) is 78.6 Å². The highest BCUT2D eigenvalue weighted by molar-refractivity contribution is 6.71. The summed E-state index contributed by atoms with van der Waals surface area (Å²) < 4.78 is 30.7. The Hall–Kier alpha value is -0.402. The number of rotatable bonds is 10. The molecular weight excluding hydrogens is 425 g/mol. The van der Waals surface area contributed by atoms with Gasteiger partial charge < -0.3 is 22.4 Å². The highest BCUT2D eigenvalue weighted by atomic mass is 28.4. The van der Waals surface area contributed by atoms with Gasteiger partial charge in [-0.05, 0) is 78.6 Å². The summed E-state index contributed by atoms with van der Waals surface area (Å²) in [4.78, 5) is 12.7. The molecule has 0 aromatic carbocycles. The van der Waals surface area contributed by atoms with Gasteiger partial charge in [-0.3, -0.25) is 0 Å². The Bertz CT molecular complexity index is 593. The summed E-state index contributed by atoms with van der Waals surface area (Å²) in [5, 5.41) is 0. The molecule has 1 heterocycles. The van der Waals surface area contributed by atoms with Gasteiger partial charge >= 0.3 is 5.97 Å². The second-order valence-corrected chi connectivity index (χ2v) is 29.0. The highest BCUT2D eigenvalue weighted by Gasteiger charge is 2.46. The van der Waals surface area contributed by atoms with Crippen LogP contribution in [0.1, 0.15) is 0 Å². The van der Waals surface area contributed by atoms with Gasteiger partial charge in [0.05, 0.1) is 6.61 Å². The molecule has 6 nitrogen and oxygen atoms in total. The zero-order valence-electron chi connectivity index (χ0n) is 19.8. The molecule has 28 heavy (non-hydrogen) atoms. The van der Waals surface area contributed by atoms with Crippen LogP contribution in [0.5, 0.6) is 0 Å². The molecule has 0 saturated carbocycles. The molecule has 1 aliphatic heterocycles. The lowest BCUT2D eigenvalue weighted by Crippen LogP contribution is -2.46. The number of hydrogen-bond acceptors (Lipinski definition) is 6. The van der Waals surface area contributed by atoms with E-state index in [0.29, 0.717) is 12.4 Å². The molecule has 0 aromatic heterocycles. The average molecular weight is 465 g/mol. The minimum Gasteiger partial charge on any atom is -0.542 e. The van der Waals surface area contributed by atoms with E-state index in [4.69, 9.17) is 22.4 Å². The molecule has 1 rings (SSSR count). The van der Waals surface area contributed by atoms with Crippen LogP contribution in [0, 0.1) is 0 Å². The van der Waals surface area contributed by atoms with Crippen molar-refractivity contribution in [1.29, 1.82) is 0 Å². The van der Waals surface area contributed by atoms with E-state index < -0.39 is 51.4 Å². The largest absolute Gasteiger partial charge is 0.542 e.